The van der Waals surface area contributed by atoms with Gasteiger partial charge in [0.05, 0.1) is 20.3 Å². The van der Waals surface area contributed by atoms with E-state index in [0.29, 0.717) is 12.0 Å². The van der Waals surface area contributed by atoms with Crippen LogP contribution in [0.4, 0.5) is 0 Å². The number of hydrogen-bond donors (Lipinski definition) is 1. The zero-order chi connectivity index (χ0) is 14.5. The summed E-state index contributed by atoms with van der Waals surface area (Å²) in [5.74, 6) is 1.66. The Morgan fingerprint density at radius 3 is 2.86 bits per heavy atom. The van der Waals surface area contributed by atoms with Crippen LogP contribution in [0.15, 0.2) is 24.3 Å². The zero-order valence-corrected chi connectivity index (χ0v) is 12.9. The predicted molar refractivity (Wildman–Crippen MR) is 84.0 cm³/mol. The summed E-state index contributed by atoms with van der Waals surface area (Å²) in [5.41, 5.74) is 1.42. The zero-order valence-electron chi connectivity index (χ0n) is 12.9. The molecule has 2 fully saturated rings. The average Bonchev–Trinajstić information content (AvgIpc) is 2.50. The van der Waals surface area contributed by atoms with Crippen LogP contribution in [0, 0.1) is 0 Å². The Bertz CT molecular complexity index is 440. The molecular formula is C17H26N2O2. The molecule has 0 bridgehead atoms. The van der Waals surface area contributed by atoms with Crippen molar-refractivity contribution in [3.05, 3.63) is 29.8 Å². The Morgan fingerprint density at radius 1 is 1.29 bits per heavy atom. The highest BCUT2D eigenvalue weighted by Gasteiger charge is 2.30. The largest absolute Gasteiger partial charge is 0.497 e. The number of benzene rings is 1. The van der Waals surface area contributed by atoms with E-state index in [2.05, 4.69) is 28.4 Å². The van der Waals surface area contributed by atoms with Crippen molar-refractivity contribution in [3.63, 3.8) is 0 Å². The second-order valence-corrected chi connectivity index (χ2v) is 6.05. The van der Waals surface area contributed by atoms with E-state index in [0.717, 1.165) is 45.1 Å². The lowest BCUT2D eigenvalue weighted by molar-refractivity contribution is 0.0376. The molecule has 0 amide bonds. The van der Waals surface area contributed by atoms with Gasteiger partial charge in [0.1, 0.15) is 5.75 Å². The topological polar surface area (TPSA) is 33.7 Å². The lowest BCUT2D eigenvalue weighted by atomic mass is 9.76. The lowest BCUT2D eigenvalue weighted by Gasteiger charge is -2.37. The molecule has 4 nitrogen and oxygen atoms in total. The number of morpholine rings is 1. The van der Waals surface area contributed by atoms with Crippen molar-refractivity contribution in [1.29, 1.82) is 0 Å². The molecule has 1 aliphatic carbocycles. The number of hydrogen-bond acceptors (Lipinski definition) is 4. The number of nitrogens with zero attached hydrogens (tertiary/aromatic N) is 1. The average molecular weight is 290 g/mol. The quantitative estimate of drug-likeness (QED) is 0.867. The highest BCUT2D eigenvalue weighted by atomic mass is 16.5. The number of ether oxygens (including phenoxy) is 2. The summed E-state index contributed by atoms with van der Waals surface area (Å²) in [5, 5.41) is 3.68. The van der Waals surface area contributed by atoms with Gasteiger partial charge in [0.2, 0.25) is 0 Å². The maximum absolute atomic E-state index is 5.37. The summed E-state index contributed by atoms with van der Waals surface area (Å²) in [4.78, 5) is 2.48. The van der Waals surface area contributed by atoms with Gasteiger partial charge in [0.25, 0.3) is 0 Å². The van der Waals surface area contributed by atoms with Crippen LogP contribution in [-0.2, 0) is 4.74 Å². The fraction of sp³-hybridized carbons (Fsp3) is 0.647. The highest BCUT2D eigenvalue weighted by Crippen LogP contribution is 2.37. The Kier molecular flexibility index (Phi) is 5.12. The fourth-order valence-electron chi connectivity index (χ4n) is 3.20. The van der Waals surface area contributed by atoms with Gasteiger partial charge in [-0.15, -0.1) is 0 Å². The van der Waals surface area contributed by atoms with Crippen molar-refractivity contribution in [2.24, 2.45) is 0 Å². The smallest absolute Gasteiger partial charge is 0.119 e. The molecule has 0 spiro atoms. The van der Waals surface area contributed by atoms with E-state index >= 15 is 0 Å². The van der Waals surface area contributed by atoms with E-state index in [9.17, 15) is 0 Å². The first-order valence-corrected chi connectivity index (χ1v) is 8.02. The predicted octanol–water partition coefficient (Wildman–Crippen LogP) is 1.86. The third kappa shape index (κ3) is 3.96. The molecule has 0 unspecified atom stereocenters. The van der Waals surface area contributed by atoms with E-state index in [-0.39, 0.29) is 0 Å². The van der Waals surface area contributed by atoms with Crippen molar-refractivity contribution in [1.82, 2.24) is 10.2 Å². The summed E-state index contributed by atoms with van der Waals surface area (Å²) in [6.07, 6.45) is 2.49. The maximum atomic E-state index is 5.37. The minimum Gasteiger partial charge on any atom is -0.497 e. The van der Waals surface area contributed by atoms with E-state index in [1.165, 1.54) is 18.4 Å². The molecule has 1 saturated heterocycles. The molecule has 1 aliphatic heterocycles. The molecular weight excluding hydrogens is 264 g/mol. The molecule has 1 heterocycles. The van der Waals surface area contributed by atoms with Crippen LogP contribution in [-0.4, -0.2) is 57.4 Å². The first-order chi connectivity index (χ1) is 10.3. The number of nitrogens with one attached hydrogen (secondary N) is 1. The third-order valence-corrected chi connectivity index (χ3v) is 4.67. The Hall–Kier alpha value is -1.10. The van der Waals surface area contributed by atoms with Gasteiger partial charge in [0, 0.05) is 32.2 Å². The van der Waals surface area contributed by atoms with E-state index < -0.39 is 0 Å². The van der Waals surface area contributed by atoms with Crippen molar-refractivity contribution in [3.8, 4) is 5.75 Å². The molecule has 1 aromatic rings. The van der Waals surface area contributed by atoms with Gasteiger partial charge in [-0.3, -0.25) is 4.90 Å². The highest BCUT2D eigenvalue weighted by molar-refractivity contribution is 5.32. The fourth-order valence-corrected chi connectivity index (χ4v) is 3.20. The number of methoxy groups -OCH3 is 1. The monoisotopic (exact) mass is 290 g/mol. The molecule has 2 aliphatic rings. The SMILES string of the molecule is COc1cccc(C2CC(NCCN3CCOCC3)C2)c1. The first kappa shape index (κ1) is 14.8. The normalized spacial score (nSPS) is 26.3. The molecule has 1 N–H and O–H groups in total. The maximum Gasteiger partial charge on any atom is 0.119 e. The van der Waals surface area contributed by atoms with Crippen LogP contribution in [0.3, 0.4) is 0 Å². The van der Waals surface area contributed by atoms with Gasteiger partial charge in [-0.1, -0.05) is 12.1 Å². The summed E-state index contributed by atoms with van der Waals surface area (Å²) in [6.45, 7) is 6.18. The standard InChI is InChI=1S/C17H26N2O2/c1-20-17-4-2-3-14(13-17)15-11-16(12-15)18-5-6-19-7-9-21-10-8-19/h2-4,13,15-16,18H,5-12H2,1H3. The van der Waals surface area contributed by atoms with Gasteiger partial charge >= 0.3 is 0 Å². The molecule has 0 aromatic heterocycles. The molecule has 4 heteroatoms. The summed E-state index contributed by atoms with van der Waals surface area (Å²) in [6, 6.07) is 9.18. The molecule has 0 radical (unpaired) electrons. The Morgan fingerprint density at radius 2 is 2.10 bits per heavy atom. The van der Waals surface area contributed by atoms with Crippen LogP contribution in [0.25, 0.3) is 0 Å². The van der Waals surface area contributed by atoms with Crippen LogP contribution >= 0.6 is 0 Å². The minimum atomic E-state index is 0.683. The van der Waals surface area contributed by atoms with Gasteiger partial charge < -0.3 is 14.8 Å². The van der Waals surface area contributed by atoms with Gasteiger partial charge in [-0.05, 0) is 36.5 Å². The van der Waals surface area contributed by atoms with Crippen LogP contribution in [0.2, 0.25) is 0 Å². The number of rotatable bonds is 6. The lowest BCUT2D eigenvalue weighted by Crippen LogP contribution is -2.45. The van der Waals surface area contributed by atoms with Gasteiger partial charge in [-0.2, -0.15) is 0 Å². The first-order valence-electron chi connectivity index (χ1n) is 8.02. The van der Waals surface area contributed by atoms with Crippen LogP contribution < -0.4 is 10.1 Å². The second kappa shape index (κ2) is 7.25. The van der Waals surface area contributed by atoms with Gasteiger partial charge in [-0.25, -0.2) is 0 Å². The molecule has 1 saturated carbocycles. The molecule has 116 valence electrons. The Labute approximate surface area is 127 Å². The molecule has 0 atom stereocenters. The van der Waals surface area contributed by atoms with E-state index in [1.54, 1.807) is 7.11 Å². The summed E-state index contributed by atoms with van der Waals surface area (Å²) in [7, 11) is 1.73. The Balaban J connectivity index is 1.35. The van der Waals surface area contributed by atoms with Crippen molar-refractivity contribution in [2.75, 3.05) is 46.5 Å². The molecule has 21 heavy (non-hydrogen) atoms. The summed E-state index contributed by atoms with van der Waals surface area (Å²) >= 11 is 0. The van der Waals surface area contributed by atoms with Crippen molar-refractivity contribution < 1.29 is 9.47 Å². The third-order valence-electron chi connectivity index (χ3n) is 4.67. The van der Waals surface area contributed by atoms with Crippen molar-refractivity contribution >= 4 is 0 Å². The molecule has 3 rings (SSSR count). The van der Waals surface area contributed by atoms with Crippen LogP contribution in [0.5, 0.6) is 5.75 Å². The van der Waals surface area contributed by atoms with Gasteiger partial charge in [0.15, 0.2) is 0 Å². The van der Waals surface area contributed by atoms with Crippen LogP contribution in [0.1, 0.15) is 24.3 Å². The van der Waals surface area contributed by atoms with E-state index in [1.807, 2.05) is 6.07 Å². The summed E-state index contributed by atoms with van der Waals surface area (Å²) < 4.78 is 10.7. The van der Waals surface area contributed by atoms with Crippen molar-refractivity contribution in [2.45, 2.75) is 24.8 Å². The second-order valence-electron chi connectivity index (χ2n) is 6.05. The molecule has 1 aromatic carbocycles. The van der Waals surface area contributed by atoms with E-state index in [4.69, 9.17) is 9.47 Å². The minimum absolute atomic E-state index is 0.683.